The third-order valence-corrected chi connectivity index (χ3v) is 5.50. The molecule has 2 atom stereocenters. The summed E-state index contributed by atoms with van der Waals surface area (Å²) in [6.07, 6.45) is 23.2. The molecule has 2 unspecified atom stereocenters. The number of allylic oxidation sites excluding steroid dienone is 1. The number of epoxide rings is 2. The molecular formula is C24H44O4. The molecule has 0 amide bonds. The molecule has 2 heterocycles. The topological polar surface area (TPSA) is 43.5 Å². The molecule has 2 saturated heterocycles. The van der Waals surface area contributed by atoms with Crippen molar-refractivity contribution in [3.8, 4) is 0 Å². The van der Waals surface area contributed by atoms with Crippen LogP contribution in [0.2, 0.25) is 0 Å². The Bertz CT molecular complexity index is 370. The van der Waals surface area contributed by atoms with Gasteiger partial charge < -0.3 is 18.9 Å². The zero-order valence-corrected chi connectivity index (χ0v) is 18.3. The van der Waals surface area contributed by atoms with Gasteiger partial charge in [-0.05, 0) is 18.9 Å². The molecule has 0 aromatic rings. The summed E-state index contributed by atoms with van der Waals surface area (Å²) in [5, 5.41) is 0. The van der Waals surface area contributed by atoms with Crippen LogP contribution in [-0.2, 0) is 18.9 Å². The molecule has 0 bridgehead atoms. The Morgan fingerprint density at radius 3 is 1.46 bits per heavy atom. The van der Waals surface area contributed by atoms with Crippen molar-refractivity contribution in [1.82, 2.24) is 0 Å². The molecule has 4 heteroatoms. The van der Waals surface area contributed by atoms with Crippen molar-refractivity contribution >= 4 is 0 Å². The van der Waals surface area contributed by atoms with Crippen molar-refractivity contribution in [2.75, 3.05) is 26.4 Å². The van der Waals surface area contributed by atoms with Crippen LogP contribution in [0.3, 0.4) is 0 Å². The molecule has 164 valence electrons. The molecule has 0 aromatic heterocycles. The number of unbranched alkanes of at least 4 members (excludes halogenated alkanes) is 14. The molecule has 0 aromatic carbocycles. The van der Waals surface area contributed by atoms with E-state index in [-0.39, 0.29) is 12.2 Å². The van der Waals surface area contributed by atoms with Crippen LogP contribution in [-0.4, -0.2) is 38.6 Å². The Morgan fingerprint density at radius 2 is 1.07 bits per heavy atom. The minimum atomic E-state index is 0.269. The average molecular weight is 397 g/mol. The maximum Gasteiger partial charge on any atom is 0.275 e. The van der Waals surface area contributed by atoms with E-state index in [0.717, 1.165) is 19.6 Å². The lowest BCUT2D eigenvalue weighted by Crippen LogP contribution is -2.08. The number of hydrogen-bond donors (Lipinski definition) is 0. The number of hydrogen-bond acceptors (Lipinski definition) is 4. The summed E-state index contributed by atoms with van der Waals surface area (Å²) in [5.41, 5.74) is 0. The Labute approximate surface area is 173 Å². The zero-order chi connectivity index (χ0) is 19.7. The quantitative estimate of drug-likeness (QED) is 0.126. The van der Waals surface area contributed by atoms with Gasteiger partial charge in [0.05, 0.1) is 13.2 Å². The van der Waals surface area contributed by atoms with E-state index >= 15 is 0 Å². The Balaban J connectivity index is 1.34. The molecule has 0 aliphatic carbocycles. The predicted molar refractivity (Wildman–Crippen MR) is 114 cm³/mol. The highest BCUT2D eigenvalue weighted by Gasteiger charge is 2.26. The second kappa shape index (κ2) is 16.1. The molecule has 0 saturated carbocycles. The van der Waals surface area contributed by atoms with Crippen LogP contribution in [0.25, 0.3) is 0 Å². The van der Waals surface area contributed by atoms with E-state index in [2.05, 4.69) is 13.0 Å². The molecule has 2 aliphatic heterocycles. The minimum Gasteiger partial charge on any atom is -0.463 e. The van der Waals surface area contributed by atoms with Gasteiger partial charge in [-0.1, -0.05) is 90.4 Å². The lowest BCUT2D eigenvalue weighted by atomic mass is 10.0. The van der Waals surface area contributed by atoms with E-state index < -0.39 is 0 Å². The second-order valence-electron chi connectivity index (χ2n) is 8.44. The summed E-state index contributed by atoms with van der Waals surface area (Å²) in [5.74, 6) is 0.667. The maximum absolute atomic E-state index is 5.72. The van der Waals surface area contributed by atoms with Crippen LogP contribution in [0.4, 0.5) is 0 Å². The fourth-order valence-corrected chi connectivity index (χ4v) is 3.40. The van der Waals surface area contributed by atoms with Crippen LogP contribution in [0.15, 0.2) is 12.0 Å². The zero-order valence-electron chi connectivity index (χ0n) is 18.3. The largest absolute Gasteiger partial charge is 0.463 e. The summed E-state index contributed by atoms with van der Waals surface area (Å²) in [6, 6.07) is 0. The Morgan fingerprint density at radius 1 is 0.679 bits per heavy atom. The smallest absolute Gasteiger partial charge is 0.275 e. The third-order valence-electron chi connectivity index (χ3n) is 5.50. The van der Waals surface area contributed by atoms with Crippen LogP contribution < -0.4 is 0 Å². The molecule has 0 spiro atoms. The van der Waals surface area contributed by atoms with E-state index in [0.29, 0.717) is 19.2 Å². The Kier molecular flexibility index (Phi) is 13.5. The van der Waals surface area contributed by atoms with Crippen LogP contribution in [0.1, 0.15) is 103 Å². The SMILES string of the molecule is CCCCCCCCCCCCCCCCC=C(OCC1CO1)OCC1CO1. The highest BCUT2D eigenvalue weighted by atomic mass is 16.7. The van der Waals surface area contributed by atoms with Crippen molar-refractivity contribution in [3.63, 3.8) is 0 Å². The molecular weight excluding hydrogens is 352 g/mol. The van der Waals surface area contributed by atoms with Gasteiger partial charge in [-0.3, -0.25) is 0 Å². The molecule has 2 rings (SSSR count). The minimum absolute atomic E-state index is 0.269. The molecule has 0 radical (unpaired) electrons. The van der Waals surface area contributed by atoms with E-state index in [1.807, 2.05) is 0 Å². The fraction of sp³-hybridized carbons (Fsp3) is 0.917. The molecule has 2 fully saturated rings. The first-order chi connectivity index (χ1) is 13.9. The van der Waals surface area contributed by atoms with Gasteiger partial charge >= 0.3 is 0 Å². The van der Waals surface area contributed by atoms with Gasteiger partial charge in [-0.2, -0.15) is 0 Å². The first-order valence-corrected chi connectivity index (χ1v) is 12.1. The highest BCUT2D eigenvalue weighted by Crippen LogP contribution is 2.17. The fourth-order valence-electron chi connectivity index (χ4n) is 3.40. The molecule has 28 heavy (non-hydrogen) atoms. The van der Waals surface area contributed by atoms with Crippen LogP contribution in [0.5, 0.6) is 0 Å². The maximum atomic E-state index is 5.72. The third kappa shape index (κ3) is 14.3. The predicted octanol–water partition coefficient (Wildman–Crippen LogP) is 6.53. The van der Waals surface area contributed by atoms with Gasteiger partial charge in [0.2, 0.25) is 0 Å². The molecule has 0 N–H and O–H groups in total. The van der Waals surface area contributed by atoms with Gasteiger partial charge in [-0.15, -0.1) is 0 Å². The summed E-state index contributed by atoms with van der Waals surface area (Å²) in [7, 11) is 0. The number of rotatable bonds is 21. The second-order valence-corrected chi connectivity index (χ2v) is 8.44. The van der Waals surface area contributed by atoms with Crippen molar-refractivity contribution in [3.05, 3.63) is 12.0 Å². The first kappa shape index (κ1) is 23.5. The van der Waals surface area contributed by atoms with E-state index in [1.54, 1.807) is 0 Å². The number of ether oxygens (including phenoxy) is 4. The lowest BCUT2D eigenvalue weighted by Gasteiger charge is -2.10. The summed E-state index contributed by atoms with van der Waals surface area (Å²) in [4.78, 5) is 0. The van der Waals surface area contributed by atoms with E-state index in [9.17, 15) is 0 Å². The van der Waals surface area contributed by atoms with Gasteiger partial charge in [0.25, 0.3) is 5.95 Å². The van der Waals surface area contributed by atoms with Crippen molar-refractivity contribution in [2.24, 2.45) is 0 Å². The van der Waals surface area contributed by atoms with E-state index in [1.165, 1.54) is 89.9 Å². The standard InChI is InChI=1S/C24H44O4/c1-2-3-4-5-6-7-8-9-10-11-12-13-14-15-16-17-24(27-20-22-18-25-22)28-21-23-19-26-23/h17,22-23H,2-16,18-21H2,1H3. The summed E-state index contributed by atoms with van der Waals surface area (Å²) >= 11 is 0. The van der Waals surface area contributed by atoms with Gasteiger partial charge in [0.15, 0.2) is 0 Å². The van der Waals surface area contributed by atoms with Gasteiger partial charge in [0.1, 0.15) is 25.4 Å². The van der Waals surface area contributed by atoms with Gasteiger partial charge in [0, 0.05) is 0 Å². The van der Waals surface area contributed by atoms with Crippen molar-refractivity contribution in [2.45, 2.75) is 115 Å². The van der Waals surface area contributed by atoms with E-state index in [4.69, 9.17) is 18.9 Å². The monoisotopic (exact) mass is 396 g/mol. The highest BCUT2D eigenvalue weighted by molar-refractivity contribution is 4.86. The molecule has 4 nitrogen and oxygen atoms in total. The Hall–Kier alpha value is -0.740. The molecule has 2 aliphatic rings. The van der Waals surface area contributed by atoms with Crippen molar-refractivity contribution in [1.29, 1.82) is 0 Å². The average Bonchev–Trinajstić information content (AvgIpc) is 3.61. The normalized spacial score (nSPS) is 20.0. The van der Waals surface area contributed by atoms with Crippen molar-refractivity contribution < 1.29 is 18.9 Å². The summed E-state index contributed by atoms with van der Waals surface area (Å²) < 4.78 is 21.8. The van der Waals surface area contributed by atoms with Crippen LogP contribution >= 0.6 is 0 Å². The first-order valence-electron chi connectivity index (χ1n) is 12.1. The van der Waals surface area contributed by atoms with Crippen LogP contribution in [0, 0.1) is 0 Å². The lowest BCUT2D eigenvalue weighted by molar-refractivity contribution is 0.0223. The van der Waals surface area contributed by atoms with Gasteiger partial charge in [-0.25, -0.2) is 0 Å². The summed E-state index contributed by atoms with van der Waals surface area (Å²) in [6.45, 7) is 5.14.